The van der Waals surface area contributed by atoms with E-state index in [1.165, 1.54) is 18.7 Å². The lowest BCUT2D eigenvalue weighted by Gasteiger charge is -2.21. The summed E-state index contributed by atoms with van der Waals surface area (Å²) in [5, 5.41) is 8.03. The van der Waals surface area contributed by atoms with Crippen molar-refractivity contribution in [1.82, 2.24) is 24.6 Å². The Morgan fingerprint density at radius 2 is 2.19 bits per heavy atom. The molecule has 2 heterocycles. The van der Waals surface area contributed by atoms with E-state index < -0.39 is 0 Å². The highest BCUT2D eigenvalue weighted by Gasteiger charge is 2.42. The van der Waals surface area contributed by atoms with Crippen molar-refractivity contribution in [3.8, 4) is 0 Å². The van der Waals surface area contributed by atoms with Crippen LogP contribution < -0.4 is 5.32 Å². The molecule has 21 heavy (non-hydrogen) atoms. The molecular formula is C16H25N5. The van der Waals surface area contributed by atoms with E-state index >= 15 is 0 Å². The fourth-order valence-corrected chi connectivity index (χ4v) is 2.88. The fraction of sp³-hybridized carbons (Fsp3) is 0.625. The molecule has 5 nitrogen and oxygen atoms in total. The zero-order valence-corrected chi connectivity index (χ0v) is 13.0. The van der Waals surface area contributed by atoms with E-state index in [0.717, 1.165) is 26.1 Å². The summed E-state index contributed by atoms with van der Waals surface area (Å²) in [6.45, 7) is 7.50. The highest BCUT2D eigenvalue weighted by atomic mass is 15.3. The monoisotopic (exact) mass is 287 g/mol. The van der Waals surface area contributed by atoms with Crippen LogP contribution in [0.3, 0.4) is 0 Å². The van der Waals surface area contributed by atoms with Gasteiger partial charge in [0, 0.05) is 62.3 Å². The van der Waals surface area contributed by atoms with Crippen LogP contribution in [0.15, 0.2) is 30.9 Å². The van der Waals surface area contributed by atoms with E-state index in [0.29, 0.717) is 11.5 Å². The van der Waals surface area contributed by atoms with Gasteiger partial charge in [0.25, 0.3) is 0 Å². The summed E-state index contributed by atoms with van der Waals surface area (Å²) in [5.41, 5.74) is 0.419. The number of hydrogen-bond acceptors (Lipinski definition) is 3. The molecule has 5 heteroatoms. The second kappa shape index (κ2) is 6.02. The summed E-state index contributed by atoms with van der Waals surface area (Å²) in [5.74, 6) is 1.17. The second-order valence-corrected chi connectivity index (χ2v) is 6.33. The van der Waals surface area contributed by atoms with Gasteiger partial charge in [-0.1, -0.05) is 6.92 Å². The second-order valence-electron chi connectivity index (χ2n) is 6.33. The van der Waals surface area contributed by atoms with E-state index in [1.54, 1.807) is 0 Å². The van der Waals surface area contributed by atoms with Crippen molar-refractivity contribution in [2.24, 2.45) is 5.41 Å². The first-order chi connectivity index (χ1) is 10.2. The van der Waals surface area contributed by atoms with Gasteiger partial charge in [0.2, 0.25) is 0 Å². The number of aromatic nitrogens is 4. The fourth-order valence-electron chi connectivity index (χ4n) is 2.88. The predicted octanol–water partition coefficient (Wildman–Crippen LogP) is 2.10. The molecule has 114 valence electrons. The van der Waals surface area contributed by atoms with Crippen LogP contribution in [0.4, 0.5) is 0 Å². The van der Waals surface area contributed by atoms with Crippen LogP contribution >= 0.6 is 0 Å². The van der Waals surface area contributed by atoms with Crippen molar-refractivity contribution in [2.75, 3.05) is 6.54 Å². The van der Waals surface area contributed by atoms with Gasteiger partial charge in [0.05, 0.1) is 0 Å². The lowest BCUT2D eigenvalue weighted by Crippen LogP contribution is -2.36. The summed E-state index contributed by atoms with van der Waals surface area (Å²) < 4.78 is 4.31. The molecule has 1 N–H and O–H groups in total. The van der Waals surface area contributed by atoms with Gasteiger partial charge in [-0.3, -0.25) is 4.68 Å². The maximum absolute atomic E-state index is 4.38. The molecule has 0 bridgehead atoms. The number of imidazole rings is 1. The zero-order valence-electron chi connectivity index (χ0n) is 13.0. The van der Waals surface area contributed by atoms with Gasteiger partial charge < -0.3 is 9.88 Å². The molecule has 1 aliphatic rings. The van der Waals surface area contributed by atoms with Crippen LogP contribution in [-0.4, -0.2) is 31.9 Å². The largest absolute Gasteiger partial charge is 0.333 e. The first-order valence-electron chi connectivity index (χ1n) is 7.92. The molecule has 2 aromatic heterocycles. The number of hydrogen-bond donors (Lipinski definition) is 1. The molecule has 1 saturated carbocycles. The molecule has 0 amide bonds. The Hall–Kier alpha value is -1.62. The van der Waals surface area contributed by atoms with Crippen LogP contribution in [0.5, 0.6) is 0 Å². The van der Waals surface area contributed by atoms with Crippen molar-refractivity contribution in [3.05, 3.63) is 36.7 Å². The maximum Gasteiger partial charge on any atom is 0.108 e. The van der Waals surface area contributed by atoms with Gasteiger partial charge in [-0.25, -0.2) is 4.98 Å². The molecule has 0 aliphatic heterocycles. The number of nitrogens with one attached hydrogen (secondary N) is 1. The predicted molar refractivity (Wildman–Crippen MR) is 83.0 cm³/mol. The van der Waals surface area contributed by atoms with E-state index in [-0.39, 0.29) is 0 Å². The Labute approximate surface area is 126 Å². The molecule has 1 aliphatic carbocycles. The summed E-state index contributed by atoms with van der Waals surface area (Å²) in [7, 11) is 0. The third-order valence-corrected chi connectivity index (χ3v) is 4.43. The van der Waals surface area contributed by atoms with Gasteiger partial charge in [-0.15, -0.1) is 0 Å². The molecule has 0 unspecified atom stereocenters. The van der Waals surface area contributed by atoms with Gasteiger partial charge in [-0.2, -0.15) is 5.10 Å². The van der Waals surface area contributed by atoms with Crippen LogP contribution in [0.25, 0.3) is 0 Å². The van der Waals surface area contributed by atoms with Gasteiger partial charge in [0.1, 0.15) is 5.82 Å². The molecular weight excluding hydrogens is 262 g/mol. The van der Waals surface area contributed by atoms with Crippen molar-refractivity contribution in [3.63, 3.8) is 0 Å². The molecule has 0 spiro atoms. The minimum absolute atomic E-state index is 0.419. The minimum Gasteiger partial charge on any atom is -0.333 e. The van der Waals surface area contributed by atoms with Crippen LogP contribution in [0.1, 0.15) is 32.5 Å². The highest BCUT2D eigenvalue weighted by Crippen LogP contribution is 2.46. The Morgan fingerprint density at radius 3 is 2.86 bits per heavy atom. The van der Waals surface area contributed by atoms with Crippen LogP contribution in [0, 0.1) is 5.41 Å². The van der Waals surface area contributed by atoms with Crippen molar-refractivity contribution in [2.45, 2.75) is 52.2 Å². The number of rotatable bonds is 8. The average molecular weight is 287 g/mol. The summed E-state index contributed by atoms with van der Waals surface area (Å²) in [6, 6.07) is 2.46. The summed E-state index contributed by atoms with van der Waals surface area (Å²) in [4.78, 5) is 4.38. The van der Waals surface area contributed by atoms with Gasteiger partial charge in [0.15, 0.2) is 0 Å². The molecule has 2 aromatic rings. The van der Waals surface area contributed by atoms with Crippen molar-refractivity contribution >= 4 is 0 Å². The van der Waals surface area contributed by atoms with Crippen molar-refractivity contribution in [1.29, 1.82) is 0 Å². The lowest BCUT2D eigenvalue weighted by atomic mass is 10.1. The van der Waals surface area contributed by atoms with Crippen LogP contribution in [0.2, 0.25) is 0 Å². The van der Waals surface area contributed by atoms with E-state index in [9.17, 15) is 0 Å². The average Bonchev–Trinajstić information content (AvgIpc) is 2.89. The van der Waals surface area contributed by atoms with Gasteiger partial charge >= 0.3 is 0 Å². The normalized spacial score (nSPS) is 17.8. The Bertz CT molecular complexity index is 553. The standard InChI is InChI=1S/C16H25N5/c1-3-15-17-8-10-20(15)11-14(2)18-12-16(5-6-16)13-21-9-4-7-19-21/h4,7-10,14,18H,3,5-6,11-13H2,1-2H3/t14-/m1/s1. The van der Waals surface area contributed by atoms with E-state index in [1.807, 2.05) is 18.5 Å². The van der Waals surface area contributed by atoms with Gasteiger partial charge in [-0.05, 0) is 25.8 Å². The minimum atomic E-state index is 0.419. The topological polar surface area (TPSA) is 47.7 Å². The number of aryl methyl sites for hydroxylation is 1. The SMILES string of the molecule is CCc1nccn1C[C@@H](C)NCC1(Cn2cccn2)CC1. The number of nitrogens with zero attached hydrogens (tertiary/aromatic N) is 4. The Kier molecular flexibility index (Phi) is 4.10. The quantitative estimate of drug-likeness (QED) is 0.809. The smallest absolute Gasteiger partial charge is 0.108 e. The maximum atomic E-state index is 4.38. The lowest BCUT2D eigenvalue weighted by molar-refractivity contribution is 0.343. The third-order valence-electron chi connectivity index (χ3n) is 4.43. The Morgan fingerprint density at radius 1 is 1.33 bits per heavy atom. The summed E-state index contributed by atoms with van der Waals surface area (Å²) in [6.07, 6.45) is 11.5. The first-order valence-corrected chi connectivity index (χ1v) is 7.92. The zero-order chi connectivity index (χ0) is 14.7. The third kappa shape index (κ3) is 3.53. The molecule has 0 saturated heterocycles. The van der Waals surface area contributed by atoms with E-state index in [2.05, 4.69) is 50.9 Å². The molecule has 1 atom stereocenters. The van der Waals surface area contributed by atoms with Crippen LogP contribution in [-0.2, 0) is 19.5 Å². The molecule has 1 fully saturated rings. The molecule has 0 aromatic carbocycles. The first kappa shape index (κ1) is 14.3. The molecule has 3 rings (SSSR count). The Balaban J connectivity index is 1.48. The van der Waals surface area contributed by atoms with E-state index in [4.69, 9.17) is 0 Å². The highest BCUT2D eigenvalue weighted by molar-refractivity contribution is 4.97. The molecule has 0 radical (unpaired) electrons. The summed E-state index contributed by atoms with van der Waals surface area (Å²) >= 11 is 0. The van der Waals surface area contributed by atoms with Crippen molar-refractivity contribution < 1.29 is 0 Å².